The van der Waals surface area contributed by atoms with Crippen molar-refractivity contribution in [3.63, 3.8) is 0 Å². The van der Waals surface area contributed by atoms with Gasteiger partial charge in [-0.3, -0.25) is 4.40 Å². The maximum atomic E-state index is 5.81. The van der Waals surface area contributed by atoms with Gasteiger partial charge in [-0.05, 0) is 18.6 Å². The van der Waals surface area contributed by atoms with Gasteiger partial charge in [0.1, 0.15) is 5.82 Å². The van der Waals surface area contributed by atoms with Crippen molar-refractivity contribution in [2.75, 3.05) is 18.9 Å². The predicted octanol–water partition coefficient (Wildman–Crippen LogP) is 0.815. The number of hydrogen-bond acceptors (Lipinski definition) is 4. The third kappa shape index (κ3) is 1.27. The number of nitrogens with zero attached hydrogens (tertiary/aromatic N) is 3. The van der Waals surface area contributed by atoms with Crippen molar-refractivity contribution in [3.05, 3.63) is 24.2 Å². The van der Waals surface area contributed by atoms with E-state index in [1.54, 1.807) is 0 Å². The van der Waals surface area contributed by atoms with E-state index in [0.29, 0.717) is 11.6 Å². The molecule has 0 spiro atoms. The number of pyridine rings is 1. The lowest BCUT2D eigenvalue weighted by atomic mass is 10.1. The third-order valence-corrected chi connectivity index (χ3v) is 2.79. The van der Waals surface area contributed by atoms with Gasteiger partial charge in [0.15, 0.2) is 5.65 Å². The maximum absolute atomic E-state index is 5.81. The van der Waals surface area contributed by atoms with Gasteiger partial charge in [-0.2, -0.15) is 0 Å². The smallest absolute Gasteiger partial charge is 0.183 e. The van der Waals surface area contributed by atoms with Gasteiger partial charge in [0.2, 0.25) is 0 Å². The van der Waals surface area contributed by atoms with E-state index in [9.17, 15) is 0 Å². The van der Waals surface area contributed by atoms with Crippen LogP contribution in [0.25, 0.3) is 5.65 Å². The zero-order valence-electron chi connectivity index (χ0n) is 8.26. The van der Waals surface area contributed by atoms with Crippen LogP contribution in [-0.4, -0.2) is 27.8 Å². The molecule has 15 heavy (non-hydrogen) atoms. The molecule has 3 heterocycles. The van der Waals surface area contributed by atoms with E-state index in [1.807, 2.05) is 22.7 Å². The zero-order chi connectivity index (χ0) is 10.3. The number of nitrogens with two attached hydrogens (primary N) is 1. The largest absolute Gasteiger partial charge is 0.396 e. The number of ether oxygens (including phenoxy) is 1. The number of hydrogen-bond donors (Lipinski definition) is 1. The lowest BCUT2D eigenvalue weighted by Gasteiger charge is -2.05. The fourth-order valence-electron chi connectivity index (χ4n) is 1.97. The lowest BCUT2D eigenvalue weighted by molar-refractivity contribution is 0.193. The van der Waals surface area contributed by atoms with E-state index in [4.69, 9.17) is 10.5 Å². The normalized spacial score (nSPS) is 21.2. The van der Waals surface area contributed by atoms with E-state index in [1.165, 1.54) is 0 Å². The van der Waals surface area contributed by atoms with Crippen molar-refractivity contribution in [3.8, 4) is 0 Å². The van der Waals surface area contributed by atoms with Crippen LogP contribution in [0.3, 0.4) is 0 Å². The highest BCUT2D eigenvalue weighted by Gasteiger charge is 2.23. The van der Waals surface area contributed by atoms with Gasteiger partial charge in [-0.25, -0.2) is 0 Å². The molecule has 0 radical (unpaired) electrons. The molecule has 2 N–H and O–H groups in total. The van der Waals surface area contributed by atoms with Crippen LogP contribution in [-0.2, 0) is 4.74 Å². The minimum Gasteiger partial charge on any atom is -0.396 e. The predicted molar refractivity (Wildman–Crippen MR) is 55.6 cm³/mol. The van der Waals surface area contributed by atoms with E-state index >= 15 is 0 Å². The van der Waals surface area contributed by atoms with Crippen LogP contribution < -0.4 is 5.73 Å². The molecule has 1 fully saturated rings. The monoisotopic (exact) mass is 204 g/mol. The Morgan fingerprint density at radius 1 is 1.47 bits per heavy atom. The molecular weight excluding hydrogens is 192 g/mol. The van der Waals surface area contributed by atoms with Crippen LogP contribution in [0.4, 0.5) is 5.69 Å². The molecule has 1 unspecified atom stereocenters. The van der Waals surface area contributed by atoms with Crippen molar-refractivity contribution in [1.29, 1.82) is 0 Å². The van der Waals surface area contributed by atoms with E-state index < -0.39 is 0 Å². The van der Waals surface area contributed by atoms with Crippen LogP contribution in [0.5, 0.6) is 0 Å². The summed E-state index contributed by atoms with van der Waals surface area (Å²) in [4.78, 5) is 0. The Kier molecular flexibility index (Phi) is 1.85. The van der Waals surface area contributed by atoms with Gasteiger partial charge >= 0.3 is 0 Å². The molecule has 1 aliphatic heterocycles. The average Bonchev–Trinajstić information content (AvgIpc) is 2.85. The van der Waals surface area contributed by atoms with E-state index in [-0.39, 0.29) is 0 Å². The van der Waals surface area contributed by atoms with Gasteiger partial charge in [-0.15, -0.1) is 10.2 Å². The summed E-state index contributed by atoms with van der Waals surface area (Å²) in [7, 11) is 0. The molecule has 1 aliphatic rings. The van der Waals surface area contributed by atoms with Gasteiger partial charge in [-0.1, -0.05) is 0 Å². The molecule has 0 aliphatic carbocycles. The first-order valence-corrected chi connectivity index (χ1v) is 5.03. The number of anilines is 1. The zero-order valence-corrected chi connectivity index (χ0v) is 8.26. The highest BCUT2D eigenvalue weighted by Crippen LogP contribution is 2.25. The Morgan fingerprint density at radius 2 is 2.40 bits per heavy atom. The molecular formula is C10H12N4O. The van der Waals surface area contributed by atoms with Crippen LogP contribution in [0.1, 0.15) is 18.2 Å². The van der Waals surface area contributed by atoms with Crippen LogP contribution in [0.2, 0.25) is 0 Å². The van der Waals surface area contributed by atoms with Crippen molar-refractivity contribution in [2.24, 2.45) is 0 Å². The summed E-state index contributed by atoms with van der Waals surface area (Å²) < 4.78 is 7.30. The quantitative estimate of drug-likeness (QED) is 0.746. The van der Waals surface area contributed by atoms with Crippen molar-refractivity contribution in [2.45, 2.75) is 12.3 Å². The highest BCUT2D eigenvalue weighted by molar-refractivity contribution is 5.63. The van der Waals surface area contributed by atoms with Crippen molar-refractivity contribution in [1.82, 2.24) is 14.6 Å². The fraction of sp³-hybridized carbons (Fsp3) is 0.400. The Hall–Kier alpha value is -1.62. The van der Waals surface area contributed by atoms with Gasteiger partial charge < -0.3 is 10.5 Å². The summed E-state index contributed by atoms with van der Waals surface area (Å²) in [6.45, 7) is 1.54. The third-order valence-electron chi connectivity index (χ3n) is 2.79. The summed E-state index contributed by atoms with van der Waals surface area (Å²) in [5.41, 5.74) is 7.21. The topological polar surface area (TPSA) is 65.4 Å². The lowest BCUT2D eigenvalue weighted by Crippen LogP contribution is -2.04. The Morgan fingerprint density at radius 3 is 3.20 bits per heavy atom. The molecule has 2 aromatic heterocycles. The van der Waals surface area contributed by atoms with E-state index in [0.717, 1.165) is 31.1 Å². The standard InChI is InChI=1S/C10H12N4O/c11-8-2-1-4-14-9(12-13-10(8)14)7-3-5-15-6-7/h1-2,4,7H,3,5-6,11H2. The maximum Gasteiger partial charge on any atom is 0.183 e. The second-order valence-corrected chi connectivity index (χ2v) is 3.78. The Labute approximate surface area is 86.9 Å². The molecule has 3 rings (SSSR count). The molecule has 5 nitrogen and oxygen atoms in total. The first-order valence-electron chi connectivity index (χ1n) is 5.03. The number of aromatic nitrogens is 3. The van der Waals surface area contributed by atoms with Gasteiger partial charge in [0.05, 0.1) is 12.3 Å². The summed E-state index contributed by atoms with van der Waals surface area (Å²) in [5.74, 6) is 1.30. The minimum atomic E-state index is 0.349. The highest BCUT2D eigenvalue weighted by atomic mass is 16.5. The Balaban J connectivity index is 2.15. The fourth-order valence-corrected chi connectivity index (χ4v) is 1.97. The molecule has 5 heteroatoms. The number of rotatable bonds is 1. The second-order valence-electron chi connectivity index (χ2n) is 3.78. The van der Waals surface area contributed by atoms with Gasteiger partial charge in [0, 0.05) is 18.7 Å². The number of nitrogen functional groups attached to an aromatic ring is 1. The average molecular weight is 204 g/mol. The summed E-state index contributed by atoms with van der Waals surface area (Å²) in [6, 6.07) is 3.74. The van der Waals surface area contributed by atoms with Gasteiger partial charge in [0.25, 0.3) is 0 Å². The van der Waals surface area contributed by atoms with Crippen molar-refractivity contribution < 1.29 is 4.74 Å². The van der Waals surface area contributed by atoms with E-state index in [2.05, 4.69) is 10.2 Å². The SMILES string of the molecule is Nc1cccn2c(C3CCOC3)nnc12. The van der Waals surface area contributed by atoms with Crippen LogP contribution in [0, 0.1) is 0 Å². The molecule has 0 saturated carbocycles. The first-order chi connectivity index (χ1) is 7.36. The molecule has 1 saturated heterocycles. The second kappa shape index (κ2) is 3.20. The Bertz CT molecular complexity index is 487. The summed E-state index contributed by atoms with van der Waals surface area (Å²) in [6.07, 6.45) is 2.95. The molecule has 0 aromatic carbocycles. The van der Waals surface area contributed by atoms with Crippen molar-refractivity contribution >= 4 is 11.3 Å². The summed E-state index contributed by atoms with van der Waals surface area (Å²) in [5, 5.41) is 8.29. The molecule has 2 aromatic rings. The molecule has 78 valence electrons. The number of fused-ring (bicyclic) bond motifs is 1. The molecule has 1 atom stereocenters. The minimum absolute atomic E-state index is 0.349. The molecule has 0 amide bonds. The van der Waals surface area contributed by atoms with Crippen LogP contribution in [0.15, 0.2) is 18.3 Å². The first kappa shape index (κ1) is 8.67. The molecule has 0 bridgehead atoms. The van der Waals surface area contributed by atoms with Crippen LogP contribution >= 0.6 is 0 Å². The summed E-state index contributed by atoms with van der Waals surface area (Å²) >= 11 is 0.